The van der Waals surface area contributed by atoms with E-state index in [9.17, 15) is 9.59 Å². The van der Waals surface area contributed by atoms with E-state index in [1.54, 1.807) is 42.5 Å². The topological polar surface area (TPSA) is 112 Å². The molecule has 4 aromatic rings. The zero-order chi connectivity index (χ0) is 23.8. The number of carbonyl (C=O) groups excluding carboxylic acids is 2. The average molecular weight is 503 g/mol. The molecule has 0 bridgehead atoms. The minimum absolute atomic E-state index is 0.215. The molecular formula is C22H20Cl2N6O2S. The van der Waals surface area contributed by atoms with Crippen LogP contribution in [0.25, 0.3) is 11.0 Å². The Morgan fingerprint density at radius 1 is 1.03 bits per heavy atom. The molecule has 0 fully saturated rings. The molecule has 4 N–H and O–H groups in total. The Hall–Kier alpha value is -3.14. The van der Waals surface area contributed by atoms with Crippen LogP contribution in [0.2, 0.25) is 10.0 Å². The highest BCUT2D eigenvalue weighted by molar-refractivity contribution is 7.17. The highest BCUT2D eigenvalue weighted by Crippen LogP contribution is 2.37. The summed E-state index contributed by atoms with van der Waals surface area (Å²) in [7, 11) is 0. The Balaban J connectivity index is 1.59. The number of rotatable bonds is 4. The maximum atomic E-state index is 13.1. The lowest BCUT2D eigenvalue weighted by molar-refractivity contribution is 0.102. The molecule has 0 spiro atoms. The van der Waals surface area contributed by atoms with Crippen molar-refractivity contribution in [1.82, 2.24) is 15.4 Å². The van der Waals surface area contributed by atoms with E-state index in [2.05, 4.69) is 31.4 Å². The lowest BCUT2D eigenvalue weighted by atomic mass is 9.94. The molecule has 33 heavy (non-hydrogen) atoms. The number of anilines is 3. The molecule has 0 radical (unpaired) electrons. The molecule has 8 nitrogen and oxygen atoms in total. The fourth-order valence-electron chi connectivity index (χ4n) is 3.00. The Kier molecular flexibility index (Phi) is 6.29. The summed E-state index contributed by atoms with van der Waals surface area (Å²) in [6, 6.07) is 11.4. The number of nitrogens with one attached hydrogen (secondary N) is 4. The first-order chi connectivity index (χ1) is 15.6. The molecule has 2 aromatic carbocycles. The van der Waals surface area contributed by atoms with E-state index in [0.717, 1.165) is 4.88 Å². The number of fused-ring (bicyclic) bond motifs is 1. The van der Waals surface area contributed by atoms with Gasteiger partial charge in [0.15, 0.2) is 0 Å². The van der Waals surface area contributed by atoms with E-state index in [0.29, 0.717) is 38.0 Å². The van der Waals surface area contributed by atoms with Crippen LogP contribution in [-0.4, -0.2) is 27.3 Å². The number of hydrogen-bond donors (Lipinski definition) is 4. The van der Waals surface area contributed by atoms with Gasteiger partial charge in [0.1, 0.15) is 10.5 Å². The van der Waals surface area contributed by atoms with Crippen molar-refractivity contribution in [3.8, 4) is 0 Å². The Bertz CT molecular complexity index is 1360. The Labute approximate surface area is 203 Å². The highest BCUT2D eigenvalue weighted by atomic mass is 35.5. The molecule has 0 saturated heterocycles. The molecule has 11 heteroatoms. The number of thiophene rings is 1. The van der Waals surface area contributed by atoms with Crippen molar-refractivity contribution in [3.63, 3.8) is 0 Å². The van der Waals surface area contributed by atoms with Crippen LogP contribution in [0.15, 0.2) is 42.5 Å². The highest BCUT2D eigenvalue weighted by Gasteiger charge is 2.24. The number of carbonyl (C=O) groups is 2. The number of amides is 3. The molecule has 2 heterocycles. The van der Waals surface area contributed by atoms with Gasteiger partial charge < -0.3 is 10.6 Å². The SMILES string of the molecule is CC(C)(C)c1cc(C(=O)Nc2ccc3nn[nH]c3c2)c(NC(=O)Nc2cccc(Cl)c2Cl)s1. The predicted molar refractivity (Wildman–Crippen MR) is 134 cm³/mol. The molecule has 4 rings (SSSR count). The largest absolute Gasteiger partial charge is 0.324 e. The lowest BCUT2D eigenvalue weighted by Gasteiger charge is -2.15. The minimum Gasteiger partial charge on any atom is -0.322 e. The van der Waals surface area contributed by atoms with Gasteiger partial charge in [-0.25, -0.2) is 4.79 Å². The summed E-state index contributed by atoms with van der Waals surface area (Å²) in [6.45, 7) is 6.11. The number of aromatic amines is 1. The second-order valence-electron chi connectivity index (χ2n) is 8.28. The van der Waals surface area contributed by atoms with Crippen LogP contribution in [0, 0.1) is 0 Å². The number of aromatic nitrogens is 3. The van der Waals surface area contributed by atoms with Crippen LogP contribution in [0.4, 0.5) is 21.2 Å². The molecule has 0 aliphatic heterocycles. The molecule has 0 saturated carbocycles. The first-order valence-electron chi connectivity index (χ1n) is 9.90. The van der Waals surface area contributed by atoms with Crippen molar-refractivity contribution in [2.75, 3.05) is 16.0 Å². The predicted octanol–water partition coefficient (Wildman–Crippen LogP) is 6.52. The molecule has 2 aromatic heterocycles. The number of urea groups is 1. The number of halogens is 2. The van der Waals surface area contributed by atoms with Gasteiger partial charge in [-0.1, -0.05) is 55.3 Å². The first kappa shape index (κ1) is 23.0. The van der Waals surface area contributed by atoms with Gasteiger partial charge in [-0.05, 0) is 41.8 Å². The maximum Gasteiger partial charge on any atom is 0.324 e. The fourth-order valence-corrected chi connectivity index (χ4v) is 4.46. The van der Waals surface area contributed by atoms with Crippen LogP contribution in [0.5, 0.6) is 0 Å². The minimum atomic E-state index is -0.541. The quantitative estimate of drug-likeness (QED) is 0.254. The van der Waals surface area contributed by atoms with E-state index in [1.807, 2.05) is 20.8 Å². The smallest absolute Gasteiger partial charge is 0.322 e. The second-order valence-corrected chi connectivity index (χ2v) is 10.1. The summed E-state index contributed by atoms with van der Waals surface area (Å²) < 4.78 is 0. The summed E-state index contributed by atoms with van der Waals surface area (Å²) >= 11 is 13.5. The van der Waals surface area contributed by atoms with Gasteiger partial charge in [0.05, 0.1) is 26.8 Å². The van der Waals surface area contributed by atoms with Crippen LogP contribution in [-0.2, 0) is 5.41 Å². The number of hydrogen-bond acceptors (Lipinski definition) is 5. The monoisotopic (exact) mass is 502 g/mol. The third-order valence-corrected chi connectivity index (χ3v) is 7.02. The van der Waals surface area contributed by atoms with Gasteiger partial charge in [0.25, 0.3) is 5.91 Å². The molecule has 0 unspecified atom stereocenters. The molecule has 3 amide bonds. The third-order valence-electron chi connectivity index (χ3n) is 4.73. The van der Waals surface area contributed by atoms with Crippen molar-refractivity contribution in [3.05, 3.63) is 63.0 Å². The number of benzene rings is 2. The second kappa shape index (κ2) is 9.01. The Morgan fingerprint density at radius 2 is 1.82 bits per heavy atom. The van der Waals surface area contributed by atoms with Crippen molar-refractivity contribution in [2.24, 2.45) is 0 Å². The lowest BCUT2D eigenvalue weighted by Crippen LogP contribution is -2.21. The summed E-state index contributed by atoms with van der Waals surface area (Å²) in [4.78, 5) is 26.8. The van der Waals surface area contributed by atoms with Gasteiger partial charge in [0, 0.05) is 10.6 Å². The van der Waals surface area contributed by atoms with Crippen LogP contribution >= 0.6 is 34.5 Å². The van der Waals surface area contributed by atoms with E-state index in [1.165, 1.54) is 11.3 Å². The third kappa shape index (κ3) is 5.11. The van der Waals surface area contributed by atoms with Gasteiger partial charge in [-0.3, -0.25) is 15.2 Å². The molecular weight excluding hydrogens is 483 g/mol. The molecule has 0 atom stereocenters. The summed E-state index contributed by atoms with van der Waals surface area (Å²) in [5, 5.41) is 19.7. The van der Waals surface area contributed by atoms with Crippen molar-refractivity contribution >= 4 is 73.9 Å². The van der Waals surface area contributed by atoms with Gasteiger partial charge in [0.2, 0.25) is 0 Å². The molecule has 170 valence electrons. The Morgan fingerprint density at radius 3 is 2.58 bits per heavy atom. The van der Waals surface area contributed by atoms with Crippen molar-refractivity contribution in [1.29, 1.82) is 0 Å². The summed E-state index contributed by atoms with van der Waals surface area (Å²) in [5.74, 6) is -0.357. The normalized spacial score (nSPS) is 11.4. The van der Waals surface area contributed by atoms with E-state index in [-0.39, 0.29) is 16.3 Å². The van der Waals surface area contributed by atoms with E-state index < -0.39 is 6.03 Å². The van der Waals surface area contributed by atoms with Crippen molar-refractivity contribution < 1.29 is 9.59 Å². The number of H-pyrrole nitrogens is 1. The van der Waals surface area contributed by atoms with Gasteiger partial charge >= 0.3 is 6.03 Å². The first-order valence-corrected chi connectivity index (χ1v) is 11.5. The summed E-state index contributed by atoms with van der Waals surface area (Å²) in [6.07, 6.45) is 0. The van der Waals surface area contributed by atoms with Gasteiger partial charge in [-0.2, -0.15) is 0 Å². The van der Waals surface area contributed by atoms with Crippen molar-refractivity contribution in [2.45, 2.75) is 26.2 Å². The standard InChI is InChI=1S/C22H20Cl2N6O2S/c1-22(2,3)17-10-12(19(31)25-11-7-8-14-16(9-11)29-30-28-14)20(33-17)27-21(32)26-15-6-4-5-13(23)18(15)24/h4-10H,1-3H3,(H,25,31)(H2,26,27,32)(H,28,29,30). The average Bonchev–Trinajstić information content (AvgIpc) is 3.38. The number of nitrogens with zero attached hydrogens (tertiary/aromatic N) is 2. The van der Waals surface area contributed by atoms with Gasteiger partial charge in [-0.15, -0.1) is 16.4 Å². The zero-order valence-corrected chi connectivity index (χ0v) is 20.2. The van der Waals surface area contributed by atoms with Crippen LogP contribution < -0.4 is 16.0 Å². The van der Waals surface area contributed by atoms with Crippen LogP contribution in [0.1, 0.15) is 36.0 Å². The fraction of sp³-hybridized carbons (Fsp3) is 0.182. The maximum absolute atomic E-state index is 13.1. The van der Waals surface area contributed by atoms with Crippen LogP contribution in [0.3, 0.4) is 0 Å². The molecule has 0 aliphatic carbocycles. The van der Waals surface area contributed by atoms with E-state index >= 15 is 0 Å². The summed E-state index contributed by atoms with van der Waals surface area (Å²) in [5.41, 5.74) is 2.46. The molecule has 0 aliphatic rings. The zero-order valence-electron chi connectivity index (χ0n) is 17.9. The van der Waals surface area contributed by atoms with E-state index in [4.69, 9.17) is 23.2 Å².